The van der Waals surface area contributed by atoms with Crippen LogP contribution in [0.4, 0.5) is 21.2 Å². The maximum Gasteiger partial charge on any atom is 0.305 e. The predicted octanol–water partition coefficient (Wildman–Crippen LogP) is 5.50. The van der Waals surface area contributed by atoms with Gasteiger partial charge in [0.25, 0.3) is 11.8 Å². The largest absolute Gasteiger partial charge is 0.469 e. The Hall–Kier alpha value is -4.63. The van der Waals surface area contributed by atoms with E-state index in [1.165, 1.54) is 7.11 Å². The van der Waals surface area contributed by atoms with Gasteiger partial charge < -0.3 is 38.7 Å². The van der Waals surface area contributed by atoms with Gasteiger partial charge in [0.2, 0.25) is 14.3 Å². The van der Waals surface area contributed by atoms with E-state index in [2.05, 4.69) is 10.2 Å². The summed E-state index contributed by atoms with van der Waals surface area (Å²) in [5, 5.41) is 13.3. The number of carbonyl (C=O) groups excluding carboxylic acids is 4. The normalized spacial score (nSPS) is 23.9. The molecule has 3 aromatic rings. The number of ether oxygens (including phenoxy) is 2. The summed E-state index contributed by atoms with van der Waals surface area (Å²) in [5.74, 6) is -1.65. The number of para-hydroxylation sites is 1. The van der Waals surface area contributed by atoms with Gasteiger partial charge in [-0.3, -0.25) is 24.1 Å². The highest BCUT2D eigenvalue weighted by Crippen LogP contribution is 2.61. The van der Waals surface area contributed by atoms with Crippen LogP contribution in [-0.4, -0.2) is 100 Å². The molecule has 310 valence electrons. The number of fused-ring (bicyclic) bond motifs is 2. The molecule has 0 aromatic heterocycles. The van der Waals surface area contributed by atoms with Gasteiger partial charge in [0.05, 0.1) is 38.6 Å². The van der Waals surface area contributed by atoms with Crippen molar-refractivity contribution in [1.82, 2.24) is 10.2 Å². The van der Waals surface area contributed by atoms with Crippen LogP contribution in [0.1, 0.15) is 56.6 Å². The summed E-state index contributed by atoms with van der Waals surface area (Å²) in [7, 11) is -2.28. The number of hydrogen-bond donors (Lipinski definition) is 2. The standard InChI is InChI=1S/C44H56FN5O7Si/c1-31-40(58(3,4)45)37(28-38(52)47(25-26-51)29-32-13-7-5-8-14-32)57-44(31)35-27-34(18-19-36(35)48(42(44)55)24-12-11-17-39(53)56-2)49-30-50(33-15-9-6-10-16-33)43(41(49)54)20-22-46-23-21-43/h5-10,13-16,18-19,27,31,37,40,46,51H,11-12,17,20-26,28-30H2,1-4H3/t31-,37+,40-,44+/m0/s1. The SMILES string of the molecule is COC(=O)CCCCN1C(=O)[C@]2(O[C@H](CC(=O)N(CCO)Cc3ccccc3)[C@@H]([Si](C)(C)F)[C@@H]2C)c2cc(N3CN(c4ccccc4)C4(CCNCC4)C3=O)ccc21. The lowest BCUT2D eigenvalue weighted by Gasteiger charge is -2.39. The molecule has 4 heterocycles. The molecule has 3 aromatic carbocycles. The monoisotopic (exact) mass is 813 g/mol. The lowest BCUT2D eigenvalue weighted by molar-refractivity contribution is -0.149. The molecular weight excluding hydrogens is 758 g/mol. The number of unbranched alkanes of at least 4 members (excludes halogenated alkanes) is 1. The fraction of sp³-hybridized carbons (Fsp3) is 0.500. The van der Waals surface area contributed by atoms with Gasteiger partial charge in [0.15, 0.2) is 5.60 Å². The molecular formula is C44H56FN5O7Si. The summed E-state index contributed by atoms with van der Waals surface area (Å²) >= 11 is 0. The maximum absolute atomic E-state index is 16.8. The number of aliphatic hydroxyl groups excluding tert-OH is 1. The molecule has 2 N–H and O–H groups in total. The van der Waals surface area contributed by atoms with Crippen molar-refractivity contribution in [2.75, 3.05) is 61.3 Å². The molecule has 7 rings (SSSR count). The number of rotatable bonds is 14. The number of nitrogens with zero attached hydrogens (tertiary/aromatic N) is 4. The summed E-state index contributed by atoms with van der Waals surface area (Å²) < 4.78 is 28.6. The van der Waals surface area contributed by atoms with Gasteiger partial charge in [-0.15, -0.1) is 0 Å². The third kappa shape index (κ3) is 7.55. The minimum atomic E-state index is -3.63. The van der Waals surface area contributed by atoms with Gasteiger partial charge in [-0.1, -0.05) is 55.5 Å². The molecule has 0 saturated carbocycles. The molecule has 3 saturated heterocycles. The smallest absolute Gasteiger partial charge is 0.305 e. The number of methoxy groups -OCH3 is 1. The van der Waals surface area contributed by atoms with Crippen LogP contribution in [-0.2, 0) is 40.8 Å². The topological polar surface area (TPSA) is 132 Å². The summed E-state index contributed by atoms with van der Waals surface area (Å²) in [4.78, 5) is 63.1. The van der Waals surface area contributed by atoms with E-state index in [1.54, 1.807) is 27.8 Å². The highest BCUT2D eigenvalue weighted by Gasteiger charge is 2.67. The molecule has 3 amide bonds. The van der Waals surface area contributed by atoms with Crippen molar-refractivity contribution < 1.29 is 37.9 Å². The number of benzene rings is 3. The third-order valence-corrected chi connectivity index (χ3v) is 15.2. The van der Waals surface area contributed by atoms with Crippen LogP contribution >= 0.6 is 0 Å². The van der Waals surface area contributed by atoms with Gasteiger partial charge in [0.1, 0.15) is 5.54 Å². The summed E-state index contributed by atoms with van der Waals surface area (Å²) in [6.45, 7) is 7.17. The molecule has 2 spiro atoms. The van der Waals surface area contributed by atoms with E-state index in [-0.39, 0.29) is 62.8 Å². The van der Waals surface area contributed by atoms with Crippen LogP contribution in [0.3, 0.4) is 0 Å². The molecule has 4 atom stereocenters. The van der Waals surface area contributed by atoms with Crippen molar-refractivity contribution in [2.45, 2.75) is 87.9 Å². The zero-order valence-corrected chi connectivity index (χ0v) is 35.0. The second-order valence-corrected chi connectivity index (χ2v) is 20.4. The fourth-order valence-electron chi connectivity index (χ4n) is 9.95. The number of esters is 1. The minimum Gasteiger partial charge on any atom is -0.469 e. The highest BCUT2D eigenvalue weighted by molar-refractivity contribution is 6.72. The summed E-state index contributed by atoms with van der Waals surface area (Å²) in [5.41, 5.74) is 0.503. The van der Waals surface area contributed by atoms with Crippen LogP contribution in [0, 0.1) is 5.92 Å². The molecule has 4 aliphatic rings. The molecule has 58 heavy (non-hydrogen) atoms. The average Bonchev–Trinajstić information content (AvgIpc) is 3.76. The summed E-state index contributed by atoms with van der Waals surface area (Å²) in [6.07, 6.45) is 1.38. The Kier molecular flexibility index (Phi) is 12.1. The number of halogens is 1. The predicted molar refractivity (Wildman–Crippen MR) is 222 cm³/mol. The van der Waals surface area contributed by atoms with Gasteiger partial charge in [-0.05, 0) is 87.8 Å². The van der Waals surface area contributed by atoms with Crippen molar-refractivity contribution in [2.24, 2.45) is 5.92 Å². The quantitative estimate of drug-likeness (QED) is 0.0939. The fourth-order valence-corrected chi connectivity index (χ4v) is 12.4. The molecule has 0 aliphatic carbocycles. The van der Waals surface area contributed by atoms with E-state index in [4.69, 9.17) is 9.47 Å². The Morgan fingerprint density at radius 1 is 0.983 bits per heavy atom. The minimum absolute atomic E-state index is 0.0164. The Labute approximate surface area is 341 Å². The molecule has 3 fully saturated rings. The number of carbonyl (C=O) groups is 4. The number of hydrogen-bond acceptors (Lipinski definition) is 9. The van der Waals surface area contributed by atoms with E-state index in [0.717, 1.165) is 11.3 Å². The molecule has 14 heteroatoms. The maximum atomic E-state index is 16.8. The zero-order valence-electron chi connectivity index (χ0n) is 34.0. The van der Waals surface area contributed by atoms with Crippen LogP contribution in [0.25, 0.3) is 0 Å². The van der Waals surface area contributed by atoms with E-state index in [1.807, 2.05) is 85.8 Å². The van der Waals surface area contributed by atoms with Crippen molar-refractivity contribution in [1.29, 1.82) is 0 Å². The van der Waals surface area contributed by atoms with Gasteiger partial charge in [-0.25, -0.2) is 0 Å². The first-order chi connectivity index (χ1) is 27.9. The van der Waals surface area contributed by atoms with E-state index < -0.39 is 37.1 Å². The van der Waals surface area contributed by atoms with E-state index >= 15 is 8.90 Å². The van der Waals surface area contributed by atoms with E-state index in [0.29, 0.717) is 62.4 Å². The number of piperidine rings is 1. The van der Waals surface area contributed by atoms with Gasteiger partial charge in [-0.2, -0.15) is 0 Å². The Morgan fingerprint density at radius 3 is 2.33 bits per heavy atom. The van der Waals surface area contributed by atoms with Crippen molar-refractivity contribution in [3.63, 3.8) is 0 Å². The van der Waals surface area contributed by atoms with Crippen molar-refractivity contribution in [3.05, 3.63) is 90.0 Å². The molecule has 0 unspecified atom stereocenters. The first-order valence-electron chi connectivity index (χ1n) is 20.5. The molecule has 12 nitrogen and oxygen atoms in total. The number of amides is 3. The molecule has 0 radical (unpaired) electrons. The first kappa shape index (κ1) is 41.5. The second-order valence-electron chi connectivity index (χ2n) is 16.6. The highest BCUT2D eigenvalue weighted by atomic mass is 28.4. The number of nitrogens with one attached hydrogen (secondary N) is 1. The second kappa shape index (κ2) is 16.9. The number of anilines is 3. The summed E-state index contributed by atoms with van der Waals surface area (Å²) in [6, 6.07) is 25.0. The third-order valence-electron chi connectivity index (χ3n) is 12.8. The van der Waals surface area contributed by atoms with Crippen molar-refractivity contribution in [3.8, 4) is 0 Å². The average molecular weight is 814 g/mol. The van der Waals surface area contributed by atoms with Gasteiger partial charge >= 0.3 is 5.97 Å². The lowest BCUT2D eigenvalue weighted by Crippen LogP contribution is -2.55. The van der Waals surface area contributed by atoms with Crippen LogP contribution in [0.15, 0.2) is 78.9 Å². The number of aliphatic hydroxyl groups is 1. The Balaban J connectivity index is 1.27. The van der Waals surface area contributed by atoms with Crippen molar-refractivity contribution >= 4 is 49.2 Å². The van der Waals surface area contributed by atoms with E-state index in [9.17, 15) is 19.5 Å². The van der Waals surface area contributed by atoms with Crippen LogP contribution < -0.4 is 20.0 Å². The van der Waals surface area contributed by atoms with Gasteiger partial charge in [0, 0.05) is 54.5 Å². The Bertz CT molecular complexity index is 1980. The Morgan fingerprint density at radius 2 is 1.67 bits per heavy atom. The molecule has 4 aliphatic heterocycles. The zero-order chi connectivity index (χ0) is 41.2. The first-order valence-corrected chi connectivity index (χ1v) is 23.5. The van der Waals surface area contributed by atoms with Crippen LogP contribution in [0.5, 0.6) is 0 Å². The van der Waals surface area contributed by atoms with Crippen LogP contribution in [0.2, 0.25) is 18.6 Å². The lowest BCUT2D eigenvalue weighted by atomic mass is 9.82. The molecule has 0 bridgehead atoms.